The molecule has 0 saturated heterocycles. The third-order valence-corrected chi connectivity index (χ3v) is 3.68. The molecule has 44 valence electrons. The summed E-state index contributed by atoms with van der Waals surface area (Å²) >= 11 is 1.73. The standard InChI is InChI=1S/C5H5FSSe/c6-4-8-5-2-1-3-7-5/h1-3H,4H2. The number of alkyl halides is 1. The van der Waals surface area contributed by atoms with Crippen LogP contribution in [0.3, 0.4) is 0 Å². The average Bonchev–Trinajstić information content (AvgIpc) is 2.19. The van der Waals surface area contributed by atoms with Crippen LogP contribution in [0.1, 0.15) is 0 Å². The van der Waals surface area contributed by atoms with Crippen molar-refractivity contribution in [1.82, 2.24) is 0 Å². The van der Waals surface area contributed by atoms with Gasteiger partial charge in [-0.2, -0.15) is 0 Å². The first kappa shape index (κ1) is 6.27. The van der Waals surface area contributed by atoms with Crippen molar-refractivity contribution < 1.29 is 4.39 Å². The van der Waals surface area contributed by atoms with Gasteiger partial charge in [-0.1, -0.05) is 0 Å². The van der Waals surface area contributed by atoms with Crippen LogP contribution >= 0.6 is 11.3 Å². The number of hydrogen-bond donors (Lipinski definition) is 0. The molecule has 1 heterocycles. The molecule has 8 heavy (non-hydrogen) atoms. The van der Waals surface area contributed by atoms with Gasteiger partial charge in [-0.05, 0) is 0 Å². The van der Waals surface area contributed by atoms with Crippen LogP contribution in [0.2, 0.25) is 0 Å². The van der Waals surface area contributed by atoms with E-state index in [0.29, 0.717) is 0 Å². The van der Waals surface area contributed by atoms with Crippen LogP contribution in [0.5, 0.6) is 0 Å². The molecule has 0 bridgehead atoms. The van der Waals surface area contributed by atoms with Gasteiger partial charge in [0.2, 0.25) is 0 Å². The van der Waals surface area contributed by atoms with Crippen molar-refractivity contribution in [2.24, 2.45) is 0 Å². The Hall–Kier alpha value is 0.149. The van der Waals surface area contributed by atoms with Gasteiger partial charge in [-0.25, -0.2) is 0 Å². The first-order valence-electron chi connectivity index (χ1n) is 2.16. The Labute approximate surface area is 57.9 Å². The molecule has 0 saturated carbocycles. The van der Waals surface area contributed by atoms with Crippen molar-refractivity contribution in [3.63, 3.8) is 0 Å². The summed E-state index contributed by atoms with van der Waals surface area (Å²) in [6.45, 7) is 0. The molecule has 0 amide bonds. The van der Waals surface area contributed by atoms with E-state index in [1.165, 1.54) is 3.78 Å². The van der Waals surface area contributed by atoms with Crippen LogP contribution in [-0.2, 0) is 0 Å². The predicted octanol–water partition coefficient (Wildman–Crippen LogP) is 1.00. The molecule has 1 aromatic rings. The molecule has 0 fully saturated rings. The van der Waals surface area contributed by atoms with E-state index in [-0.39, 0.29) is 20.5 Å². The van der Waals surface area contributed by atoms with E-state index in [1.807, 2.05) is 17.5 Å². The second-order valence-electron chi connectivity index (χ2n) is 1.19. The number of rotatable bonds is 2. The molecule has 0 unspecified atom stereocenters. The average molecular weight is 195 g/mol. The molecule has 3 heteroatoms. The van der Waals surface area contributed by atoms with Gasteiger partial charge in [-0.3, -0.25) is 0 Å². The Balaban J connectivity index is 2.50. The fourth-order valence-electron chi connectivity index (χ4n) is 0.399. The van der Waals surface area contributed by atoms with Crippen molar-refractivity contribution >= 4 is 30.1 Å². The zero-order valence-corrected chi connectivity index (χ0v) is 6.66. The Bertz CT molecular complexity index is 138. The SMILES string of the molecule is FC[Se]c1cccs1. The van der Waals surface area contributed by atoms with Crippen LogP contribution in [0, 0.1) is 0 Å². The van der Waals surface area contributed by atoms with E-state index in [1.54, 1.807) is 11.3 Å². The first-order valence-corrected chi connectivity index (χ1v) is 5.10. The summed E-state index contributed by atoms with van der Waals surface area (Å²) in [5.41, 5.74) is -0.173. The second-order valence-corrected chi connectivity index (χ2v) is 4.70. The zero-order valence-electron chi connectivity index (χ0n) is 4.13. The fraction of sp³-hybridized carbons (Fsp3) is 0.200. The molecule has 1 aromatic heterocycles. The summed E-state index contributed by atoms with van der Waals surface area (Å²) in [6, 6.07) is 3.93. The molecular weight excluding hydrogens is 190 g/mol. The maximum atomic E-state index is 11.6. The fourth-order valence-corrected chi connectivity index (χ4v) is 2.52. The molecule has 0 atom stereocenters. The predicted molar refractivity (Wildman–Crippen MR) is 35.7 cm³/mol. The van der Waals surface area contributed by atoms with Crippen molar-refractivity contribution in [1.29, 1.82) is 0 Å². The van der Waals surface area contributed by atoms with Crippen molar-refractivity contribution in [2.75, 3.05) is 5.57 Å². The van der Waals surface area contributed by atoms with Gasteiger partial charge in [-0.15, -0.1) is 0 Å². The molecule has 0 aromatic carbocycles. The van der Waals surface area contributed by atoms with Gasteiger partial charge in [0.15, 0.2) is 0 Å². The van der Waals surface area contributed by atoms with E-state index in [4.69, 9.17) is 0 Å². The van der Waals surface area contributed by atoms with Gasteiger partial charge in [0.25, 0.3) is 0 Å². The minimum absolute atomic E-state index is 0.0914. The molecule has 0 aliphatic carbocycles. The molecule has 0 nitrogen and oxygen atoms in total. The third kappa shape index (κ3) is 1.58. The van der Waals surface area contributed by atoms with Crippen LogP contribution in [0.4, 0.5) is 4.39 Å². The Kier molecular flexibility index (Phi) is 2.53. The van der Waals surface area contributed by atoms with Crippen LogP contribution in [0.15, 0.2) is 17.5 Å². The third-order valence-electron chi connectivity index (χ3n) is 0.692. The van der Waals surface area contributed by atoms with Crippen LogP contribution < -0.4 is 3.78 Å². The molecule has 0 aliphatic heterocycles. The van der Waals surface area contributed by atoms with E-state index in [9.17, 15) is 4.39 Å². The normalized spacial score (nSPS) is 9.62. The topological polar surface area (TPSA) is 0 Å². The molecule has 0 aliphatic rings. The number of hydrogen-bond acceptors (Lipinski definition) is 1. The Morgan fingerprint density at radius 2 is 2.62 bits per heavy atom. The Morgan fingerprint density at radius 3 is 3.12 bits per heavy atom. The van der Waals surface area contributed by atoms with Gasteiger partial charge < -0.3 is 0 Å². The number of thiophene rings is 1. The van der Waals surface area contributed by atoms with Crippen molar-refractivity contribution in [3.05, 3.63) is 17.5 Å². The summed E-state index contributed by atoms with van der Waals surface area (Å²) in [5, 5.41) is 1.98. The van der Waals surface area contributed by atoms with Gasteiger partial charge in [0.05, 0.1) is 0 Å². The summed E-state index contributed by atoms with van der Waals surface area (Å²) < 4.78 is 12.8. The van der Waals surface area contributed by atoms with Gasteiger partial charge in [0, 0.05) is 0 Å². The number of halogens is 1. The van der Waals surface area contributed by atoms with E-state index in [0.717, 1.165) is 0 Å². The summed E-state index contributed by atoms with van der Waals surface area (Å²) in [4.78, 5) is 0. The van der Waals surface area contributed by atoms with E-state index >= 15 is 0 Å². The molecule has 1 rings (SSSR count). The second kappa shape index (κ2) is 3.23. The first-order chi connectivity index (χ1) is 3.93. The summed E-state index contributed by atoms with van der Waals surface area (Å²) in [5.74, 6) is 0. The van der Waals surface area contributed by atoms with Crippen molar-refractivity contribution in [2.45, 2.75) is 0 Å². The summed E-state index contributed by atoms with van der Waals surface area (Å²) in [7, 11) is 0. The van der Waals surface area contributed by atoms with Crippen LogP contribution in [-0.4, -0.2) is 20.5 Å². The molecule has 0 radical (unpaired) electrons. The van der Waals surface area contributed by atoms with E-state index < -0.39 is 0 Å². The Morgan fingerprint density at radius 1 is 1.75 bits per heavy atom. The quantitative estimate of drug-likeness (QED) is 0.617. The minimum atomic E-state index is -0.173. The van der Waals surface area contributed by atoms with Gasteiger partial charge in [0.1, 0.15) is 0 Å². The molecular formula is C5H5FSSe. The van der Waals surface area contributed by atoms with Crippen LogP contribution in [0.25, 0.3) is 0 Å². The monoisotopic (exact) mass is 196 g/mol. The zero-order chi connectivity index (χ0) is 5.82. The van der Waals surface area contributed by atoms with Crippen molar-refractivity contribution in [3.8, 4) is 0 Å². The van der Waals surface area contributed by atoms with E-state index in [2.05, 4.69) is 0 Å². The maximum absolute atomic E-state index is 11.6. The molecule has 0 spiro atoms. The summed E-state index contributed by atoms with van der Waals surface area (Å²) in [6.07, 6.45) is 0. The molecule has 0 N–H and O–H groups in total. The van der Waals surface area contributed by atoms with Gasteiger partial charge >= 0.3 is 57.5 Å².